The number of aromatic nitrogens is 2. The molecule has 1 heterocycles. The van der Waals surface area contributed by atoms with E-state index in [1.807, 2.05) is 6.20 Å². The molecule has 4 heteroatoms. The van der Waals surface area contributed by atoms with Gasteiger partial charge in [-0.2, -0.15) is 5.10 Å². The molecule has 0 saturated heterocycles. The van der Waals surface area contributed by atoms with Crippen LogP contribution in [-0.2, 0) is 0 Å². The molecule has 0 radical (unpaired) electrons. The fourth-order valence-electron chi connectivity index (χ4n) is 1.48. The Balaban J connectivity index is 2.42. The maximum Gasteiger partial charge on any atom is 0.0641 e. The summed E-state index contributed by atoms with van der Waals surface area (Å²) in [4.78, 5) is 0. The predicted molar refractivity (Wildman–Crippen MR) is 72.0 cm³/mol. The summed E-state index contributed by atoms with van der Waals surface area (Å²) in [6.45, 7) is 8.74. The number of hydrogen-bond acceptors (Lipinski definition) is 2. The van der Waals surface area contributed by atoms with Gasteiger partial charge in [0.1, 0.15) is 0 Å². The molecule has 1 aromatic rings. The third-order valence-corrected chi connectivity index (χ3v) is 2.90. The molecular formula is C11H20IN3. The average molecular weight is 321 g/mol. The highest BCUT2D eigenvalue weighted by Crippen LogP contribution is 2.11. The average Bonchev–Trinajstić information content (AvgIpc) is 2.59. The number of nitrogens with zero attached hydrogens (tertiary/aromatic N) is 2. The van der Waals surface area contributed by atoms with Crippen molar-refractivity contribution in [3.8, 4) is 0 Å². The van der Waals surface area contributed by atoms with Gasteiger partial charge in [-0.15, -0.1) is 0 Å². The van der Waals surface area contributed by atoms with E-state index in [9.17, 15) is 0 Å². The smallest absolute Gasteiger partial charge is 0.0641 e. The van der Waals surface area contributed by atoms with E-state index in [1.165, 1.54) is 3.57 Å². The van der Waals surface area contributed by atoms with Crippen LogP contribution in [0.1, 0.15) is 33.2 Å². The molecule has 0 aliphatic heterocycles. The lowest BCUT2D eigenvalue weighted by Crippen LogP contribution is -2.28. The van der Waals surface area contributed by atoms with Gasteiger partial charge in [-0.05, 0) is 41.5 Å². The molecule has 15 heavy (non-hydrogen) atoms. The molecule has 0 aromatic carbocycles. The topological polar surface area (TPSA) is 29.9 Å². The van der Waals surface area contributed by atoms with E-state index >= 15 is 0 Å². The Morgan fingerprint density at radius 3 is 2.67 bits per heavy atom. The highest BCUT2D eigenvalue weighted by atomic mass is 127. The summed E-state index contributed by atoms with van der Waals surface area (Å²) in [5.41, 5.74) is 0. The van der Waals surface area contributed by atoms with Gasteiger partial charge < -0.3 is 5.32 Å². The van der Waals surface area contributed by atoms with Crippen molar-refractivity contribution in [3.05, 3.63) is 16.0 Å². The minimum Gasteiger partial charge on any atom is -0.314 e. The van der Waals surface area contributed by atoms with E-state index in [0.717, 1.165) is 19.5 Å². The molecule has 86 valence electrons. The number of hydrogen-bond donors (Lipinski definition) is 1. The largest absolute Gasteiger partial charge is 0.314 e. The summed E-state index contributed by atoms with van der Waals surface area (Å²) >= 11 is 2.29. The molecule has 0 bridgehead atoms. The highest BCUT2D eigenvalue weighted by molar-refractivity contribution is 14.1. The highest BCUT2D eigenvalue weighted by Gasteiger charge is 2.09. The molecule has 0 fully saturated rings. The van der Waals surface area contributed by atoms with Crippen LogP contribution >= 0.6 is 22.6 Å². The van der Waals surface area contributed by atoms with E-state index < -0.39 is 0 Å². The normalized spacial score (nSPS) is 13.4. The first-order valence-corrected chi connectivity index (χ1v) is 6.61. The van der Waals surface area contributed by atoms with Crippen molar-refractivity contribution in [2.24, 2.45) is 5.92 Å². The molecule has 0 saturated carbocycles. The van der Waals surface area contributed by atoms with Crippen LogP contribution in [0.2, 0.25) is 0 Å². The van der Waals surface area contributed by atoms with Crippen molar-refractivity contribution < 1.29 is 0 Å². The molecule has 0 aliphatic rings. The van der Waals surface area contributed by atoms with E-state index in [0.29, 0.717) is 12.0 Å². The zero-order valence-corrected chi connectivity index (χ0v) is 11.9. The maximum absolute atomic E-state index is 4.35. The monoisotopic (exact) mass is 321 g/mol. The lowest BCUT2D eigenvalue weighted by atomic mass is 10.2. The Kier molecular flexibility index (Phi) is 5.60. The Morgan fingerprint density at radius 1 is 1.47 bits per heavy atom. The van der Waals surface area contributed by atoms with Crippen molar-refractivity contribution in [3.63, 3.8) is 0 Å². The van der Waals surface area contributed by atoms with Gasteiger partial charge in [0.25, 0.3) is 0 Å². The number of rotatable bonds is 6. The third kappa shape index (κ3) is 4.51. The molecule has 1 unspecified atom stereocenters. The van der Waals surface area contributed by atoms with Crippen molar-refractivity contribution >= 4 is 22.6 Å². The van der Waals surface area contributed by atoms with Gasteiger partial charge >= 0.3 is 0 Å². The van der Waals surface area contributed by atoms with Gasteiger partial charge in [-0.3, -0.25) is 4.68 Å². The number of halogens is 1. The van der Waals surface area contributed by atoms with E-state index in [-0.39, 0.29) is 0 Å². The molecule has 1 N–H and O–H groups in total. The lowest BCUT2D eigenvalue weighted by Gasteiger charge is -2.17. The summed E-state index contributed by atoms with van der Waals surface area (Å²) in [7, 11) is 0. The van der Waals surface area contributed by atoms with Crippen LogP contribution in [0.15, 0.2) is 12.4 Å². The Bertz CT molecular complexity index is 283. The minimum atomic E-state index is 0.479. The zero-order chi connectivity index (χ0) is 11.3. The van der Waals surface area contributed by atoms with Gasteiger partial charge in [-0.1, -0.05) is 20.8 Å². The van der Waals surface area contributed by atoms with Crippen molar-refractivity contribution in [2.75, 3.05) is 13.1 Å². The molecule has 0 spiro atoms. The van der Waals surface area contributed by atoms with Crippen LogP contribution < -0.4 is 5.32 Å². The van der Waals surface area contributed by atoms with Gasteiger partial charge in [0.2, 0.25) is 0 Å². The predicted octanol–water partition coefficient (Wildman–Crippen LogP) is 2.68. The number of nitrogens with one attached hydrogen (secondary N) is 1. The van der Waals surface area contributed by atoms with E-state index in [4.69, 9.17) is 0 Å². The maximum atomic E-state index is 4.35. The molecule has 3 nitrogen and oxygen atoms in total. The van der Waals surface area contributed by atoms with Crippen LogP contribution in [0.3, 0.4) is 0 Å². The molecule has 1 rings (SSSR count). The first-order valence-electron chi connectivity index (χ1n) is 5.53. The lowest BCUT2D eigenvalue weighted by molar-refractivity contribution is 0.399. The van der Waals surface area contributed by atoms with Gasteiger partial charge in [-0.25, -0.2) is 0 Å². The quantitative estimate of drug-likeness (QED) is 0.817. The summed E-state index contributed by atoms with van der Waals surface area (Å²) in [5, 5.41) is 7.83. The first kappa shape index (κ1) is 13.0. The SMILES string of the molecule is CCC(CNCC(C)C)n1cc(I)cn1. The second-order valence-electron chi connectivity index (χ2n) is 4.25. The summed E-state index contributed by atoms with van der Waals surface area (Å²) in [5.74, 6) is 0.709. The molecule has 0 amide bonds. The summed E-state index contributed by atoms with van der Waals surface area (Å²) in [6, 6.07) is 0.479. The zero-order valence-electron chi connectivity index (χ0n) is 9.70. The standard InChI is InChI=1S/C11H20IN3/c1-4-11(7-13-5-9(2)3)15-8-10(12)6-14-15/h6,8-9,11,13H,4-5,7H2,1-3H3. The third-order valence-electron chi connectivity index (χ3n) is 2.35. The van der Waals surface area contributed by atoms with Crippen molar-refractivity contribution in [1.29, 1.82) is 0 Å². The molecule has 0 aliphatic carbocycles. The van der Waals surface area contributed by atoms with Crippen molar-refractivity contribution in [1.82, 2.24) is 15.1 Å². The minimum absolute atomic E-state index is 0.479. The Hall–Kier alpha value is -0.100. The fraction of sp³-hybridized carbons (Fsp3) is 0.727. The molecule has 1 atom stereocenters. The first-order chi connectivity index (χ1) is 7.13. The van der Waals surface area contributed by atoms with E-state index in [2.05, 4.69) is 64.7 Å². The van der Waals surface area contributed by atoms with Crippen molar-refractivity contribution in [2.45, 2.75) is 33.2 Å². The molecule has 1 aromatic heterocycles. The second kappa shape index (κ2) is 6.48. The summed E-state index contributed by atoms with van der Waals surface area (Å²) in [6.07, 6.45) is 5.13. The van der Waals surface area contributed by atoms with Crippen LogP contribution in [0.25, 0.3) is 0 Å². The van der Waals surface area contributed by atoms with Crippen LogP contribution in [-0.4, -0.2) is 22.9 Å². The Labute approximate surface area is 106 Å². The van der Waals surface area contributed by atoms with Crippen LogP contribution in [0.4, 0.5) is 0 Å². The fourth-order valence-corrected chi connectivity index (χ4v) is 1.89. The summed E-state index contributed by atoms with van der Waals surface area (Å²) < 4.78 is 3.27. The van der Waals surface area contributed by atoms with Crippen LogP contribution in [0.5, 0.6) is 0 Å². The molecular weight excluding hydrogens is 301 g/mol. The van der Waals surface area contributed by atoms with Crippen LogP contribution in [0, 0.1) is 9.49 Å². The Morgan fingerprint density at radius 2 is 2.20 bits per heavy atom. The van der Waals surface area contributed by atoms with Gasteiger partial charge in [0.05, 0.1) is 15.8 Å². The van der Waals surface area contributed by atoms with Gasteiger partial charge in [0.15, 0.2) is 0 Å². The van der Waals surface area contributed by atoms with E-state index in [1.54, 1.807) is 0 Å². The second-order valence-corrected chi connectivity index (χ2v) is 5.50. The van der Waals surface area contributed by atoms with Gasteiger partial charge in [0, 0.05) is 12.7 Å².